The van der Waals surface area contributed by atoms with Gasteiger partial charge in [-0.3, -0.25) is 14.4 Å². The minimum absolute atomic E-state index is 0.113. The van der Waals surface area contributed by atoms with E-state index in [2.05, 4.69) is 51.2 Å². The van der Waals surface area contributed by atoms with Crippen molar-refractivity contribution in [2.24, 2.45) is 0 Å². The molecule has 0 radical (unpaired) electrons. The second kappa shape index (κ2) is 42.3. The van der Waals surface area contributed by atoms with Gasteiger partial charge in [0.2, 0.25) is 0 Å². The molecule has 0 aromatic carbocycles. The van der Waals surface area contributed by atoms with Crippen molar-refractivity contribution >= 4 is 17.9 Å². The number of hydrogen-bond donors (Lipinski definition) is 0. The van der Waals surface area contributed by atoms with Crippen LogP contribution in [-0.2, 0) is 28.6 Å². The van der Waals surface area contributed by atoms with Crippen LogP contribution in [0.15, 0.2) is 85.1 Å². The Labute approximate surface area is 331 Å². The molecular formula is C48H78O6. The molecule has 1 unspecified atom stereocenters. The van der Waals surface area contributed by atoms with E-state index in [1.165, 1.54) is 70.6 Å². The summed E-state index contributed by atoms with van der Waals surface area (Å²) in [6, 6.07) is 0. The van der Waals surface area contributed by atoms with E-state index in [1.807, 2.05) is 54.7 Å². The Morgan fingerprint density at radius 2 is 0.759 bits per heavy atom. The zero-order chi connectivity index (χ0) is 39.4. The number of carbonyl (C=O) groups excluding carboxylic acids is 3. The highest BCUT2D eigenvalue weighted by molar-refractivity contribution is 5.71. The first-order valence-corrected chi connectivity index (χ1v) is 21.7. The Morgan fingerprint density at radius 3 is 1.28 bits per heavy atom. The predicted molar refractivity (Wildman–Crippen MR) is 228 cm³/mol. The molecule has 6 heteroatoms. The van der Waals surface area contributed by atoms with Gasteiger partial charge in [-0.2, -0.15) is 0 Å². The van der Waals surface area contributed by atoms with Gasteiger partial charge in [0, 0.05) is 19.3 Å². The van der Waals surface area contributed by atoms with Crippen LogP contribution in [0.3, 0.4) is 0 Å². The summed E-state index contributed by atoms with van der Waals surface area (Å²) in [5, 5.41) is 0. The van der Waals surface area contributed by atoms with Crippen LogP contribution in [-0.4, -0.2) is 37.2 Å². The maximum Gasteiger partial charge on any atom is 0.306 e. The lowest BCUT2D eigenvalue weighted by atomic mass is 10.0. The normalized spacial score (nSPS) is 12.9. The Balaban J connectivity index is 4.55. The summed E-state index contributed by atoms with van der Waals surface area (Å²) < 4.78 is 16.6. The first-order valence-electron chi connectivity index (χ1n) is 21.7. The predicted octanol–water partition coefficient (Wildman–Crippen LogP) is 13.7. The van der Waals surface area contributed by atoms with Gasteiger partial charge in [-0.15, -0.1) is 0 Å². The summed E-state index contributed by atoms with van der Waals surface area (Å²) in [6.45, 7) is 6.32. The van der Waals surface area contributed by atoms with Crippen molar-refractivity contribution in [2.75, 3.05) is 13.2 Å². The van der Waals surface area contributed by atoms with Crippen LogP contribution >= 0.6 is 0 Å². The molecule has 0 aromatic rings. The summed E-state index contributed by atoms with van der Waals surface area (Å²) in [6.07, 6.45) is 52.9. The van der Waals surface area contributed by atoms with Crippen LogP contribution in [0.5, 0.6) is 0 Å². The van der Waals surface area contributed by atoms with Crippen molar-refractivity contribution in [3.63, 3.8) is 0 Å². The maximum atomic E-state index is 12.7. The van der Waals surface area contributed by atoms with Crippen molar-refractivity contribution in [1.82, 2.24) is 0 Å². The van der Waals surface area contributed by atoms with Gasteiger partial charge in [-0.25, -0.2) is 0 Å². The SMILES string of the molecule is CC\C=C/C=C\C=C/C=C\C=C/CCCC(=O)OCC(COC(=O)CCCCC/C=C\C=C/CCCC)OC(=O)CCCCCCCCCCCCCC. The van der Waals surface area contributed by atoms with Crippen LogP contribution < -0.4 is 0 Å². The monoisotopic (exact) mass is 751 g/mol. The molecule has 0 aliphatic heterocycles. The molecule has 0 amide bonds. The van der Waals surface area contributed by atoms with Gasteiger partial charge < -0.3 is 14.2 Å². The number of hydrogen-bond acceptors (Lipinski definition) is 6. The van der Waals surface area contributed by atoms with Crippen molar-refractivity contribution < 1.29 is 28.6 Å². The second-order valence-electron chi connectivity index (χ2n) is 14.0. The molecule has 0 spiro atoms. The fourth-order valence-corrected chi connectivity index (χ4v) is 5.51. The Hall–Kier alpha value is -3.41. The Bertz CT molecular complexity index is 1090. The number of carbonyl (C=O) groups is 3. The number of rotatable bonds is 37. The van der Waals surface area contributed by atoms with Crippen molar-refractivity contribution in [2.45, 2.75) is 187 Å². The average molecular weight is 751 g/mol. The third kappa shape index (κ3) is 39.8. The first-order chi connectivity index (χ1) is 26.5. The van der Waals surface area contributed by atoms with Gasteiger partial charge >= 0.3 is 17.9 Å². The molecule has 0 bridgehead atoms. The summed E-state index contributed by atoms with van der Waals surface area (Å²) >= 11 is 0. The van der Waals surface area contributed by atoms with Crippen LogP contribution in [0, 0.1) is 0 Å². The summed E-state index contributed by atoms with van der Waals surface area (Å²) in [5.41, 5.74) is 0. The molecule has 54 heavy (non-hydrogen) atoms. The van der Waals surface area contributed by atoms with E-state index in [0.717, 1.165) is 64.2 Å². The Morgan fingerprint density at radius 1 is 0.389 bits per heavy atom. The molecule has 0 fully saturated rings. The smallest absolute Gasteiger partial charge is 0.306 e. The molecule has 0 saturated heterocycles. The van der Waals surface area contributed by atoms with E-state index < -0.39 is 6.10 Å². The molecule has 0 aliphatic rings. The van der Waals surface area contributed by atoms with Gasteiger partial charge in [0.25, 0.3) is 0 Å². The van der Waals surface area contributed by atoms with E-state index in [-0.39, 0.29) is 37.5 Å². The fraction of sp³-hybridized carbons (Fsp3) is 0.646. The lowest BCUT2D eigenvalue weighted by Gasteiger charge is -2.18. The van der Waals surface area contributed by atoms with Gasteiger partial charge in [0.05, 0.1) is 0 Å². The van der Waals surface area contributed by atoms with Gasteiger partial charge in [-0.05, 0) is 51.4 Å². The third-order valence-corrected chi connectivity index (χ3v) is 8.79. The summed E-state index contributed by atoms with van der Waals surface area (Å²) in [5.74, 6) is -1.02. The highest BCUT2D eigenvalue weighted by Gasteiger charge is 2.19. The molecule has 0 rings (SSSR count). The fourth-order valence-electron chi connectivity index (χ4n) is 5.51. The Kier molecular flexibility index (Phi) is 39.7. The lowest BCUT2D eigenvalue weighted by Crippen LogP contribution is -2.30. The highest BCUT2D eigenvalue weighted by Crippen LogP contribution is 2.13. The topological polar surface area (TPSA) is 78.9 Å². The second-order valence-corrected chi connectivity index (χ2v) is 14.0. The number of esters is 3. The van der Waals surface area contributed by atoms with Gasteiger partial charge in [0.1, 0.15) is 13.2 Å². The van der Waals surface area contributed by atoms with E-state index in [1.54, 1.807) is 0 Å². The highest BCUT2D eigenvalue weighted by atomic mass is 16.6. The zero-order valence-corrected chi connectivity index (χ0v) is 34.7. The van der Waals surface area contributed by atoms with Crippen molar-refractivity contribution in [3.05, 3.63) is 85.1 Å². The number of ether oxygens (including phenoxy) is 3. The standard InChI is InChI=1S/C48H78O6/c1-4-7-10-13-16-19-22-24-27-29-32-35-38-41-47(50)53-44-45(43-52-46(49)40-37-34-31-28-25-21-18-15-12-9-6-3)54-48(51)42-39-36-33-30-26-23-20-17-14-11-8-5-2/h7,10,13,15-16,18-19,21-22,24-25,27,29,32,45H,4-6,8-9,11-12,14,17,20,23,26,28,30-31,33-44H2,1-3H3/b10-7-,16-13-,18-15-,22-19-,25-21-,27-24-,32-29-. The molecular weight excluding hydrogens is 673 g/mol. The first kappa shape index (κ1) is 50.6. The molecule has 0 aliphatic carbocycles. The minimum atomic E-state index is -0.811. The van der Waals surface area contributed by atoms with Crippen molar-refractivity contribution in [1.29, 1.82) is 0 Å². The maximum absolute atomic E-state index is 12.7. The minimum Gasteiger partial charge on any atom is -0.462 e. The van der Waals surface area contributed by atoms with Crippen LogP contribution in [0.25, 0.3) is 0 Å². The molecule has 0 saturated carbocycles. The molecule has 1 atom stereocenters. The molecule has 0 aromatic heterocycles. The zero-order valence-electron chi connectivity index (χ0n) is 34.7. The lowest BCUT2D eigenvalue weighted by molar-refractivity contribution is -0.167. The molecule has 6 nitrogen and oxygen atoms in total. The number of unbranched alkanes of at least 4 members (excludes halogenated alkanes) is 17. The van der Waals surface area contributed by atoms with Crippen LogP contribution in [0.1, 0.15) is 181 Å². The average Bonchev–Trinajstić information content (AvgIpc) is 3.17. The molecule has 0 N–H and O–H groups in total. The van der Waals surface area contributed by atoms with E-state index in [4.69, 9.17) is 14.2 Å². The third-order valence-electron chi connectivity index (χ3n) is 8.79. The van der Waals surface area contributed by atoms with Crippen LogP contribution in [0.2, 0.25) is 0 Å². The summed E-state index contributed by atoms with van der Waals surface area (Å²) in [7, 11) is 0. The molecule has 0 heterocycles. The van der Waals surface area contributed by atoms with Crippen LogP contribution in [0.4, 0.5) is 0 Å². The quantitative estimate of drug-likeness (QED) is 0.0272. The number of allylic oxidation sites excluding steroid dienone is 14. The van der Waals surface area contributed by atoms with Gasteiger partial charge in [-0.1, -0.05) is 196 Å². The molecule has 306 valence electrons. The summed E-state index contributed by atoms with van der Waals surface area (Å²) in [4.78, 5) is 37.6. The van der Waals surface area contributed by atoms with E-state index in [9.17, 15) is 14.4 Å². The van der Waals surface area contributed by atoms with Gasteiger partial charge in [0.15, 0.2) is 6.10 Å². The van der Waals surface area contributed by atoms with E-state index in [0.29, 0.717) is 19.3 Å². The van der Waals surface area contributed by atoms with Crippen molar-refractivity contribution in [3.8, 4) is 0 Å². The largest absolute Gasteiger partial charge is 0.462 e. The van der Waals surface area contributed by atoms with E-state index >= 15 is 0 Å².